The first kappa shape index (κ1) is 10.1. The lowest BCUT2D eigenvalue weighted by atomic mass is 10.3. The Kier molecular flexibility index (Phi) is 2.99. The van der Waals surface area contributed by atoms with Gasteiger partial charge in [0, 0.05) is 12.6 Å². The van der Waals surface area contributed by atoms with E-state index in [-0.39, 0.29) is 0 Å². The molecule has 0 atom stereocenters. The molecular weight excluding hydrogens is 212 g/mol. The second kappa shape index (κ2) is 4.42. The van der Waals surface area contributed by atoms with Crippen molar-refractivity contribution in [1.82, 2.24) is 15.0 Å². The van der Waals surface area contributed by atoms with Gasteiger partial charge >= 0.3 is 0 Å². The predicted octanol–water partition coefficient (Wildman–Crippen LogP) is 1.63. The van der Waals surface area contributed by atoms with Gasteiger partial charge in [0.05, 0.1) is 5.69 Å². The van der Waals surface area contributed by atoms with Gasteiger partial charge in [-0.1, -0.05) is 17.7 Å². The standard InChI is InChI=1S/C10H11ClN4/c11-9-7(4-5-12)14-10(15-9)8-3-1-2-6-13-8/h1-3,6H,4-5,12H2,(H,14,15). The first-order chi connectivity index (χ1) is 7.31. The van der Waals surface area contributed by atoms with Gasteiger partial charge in [0.15, 0.2) is 11.0 Å². The second-order valence-electron chi connectivity index (χ2n) is 3.11. The highest BCUT2D eigenvalue weighted by molar-refractivity contribution is 6.30. The Morgan fingerprint density at radius 2 is 2.27 bits per heavy atom. The first-order valence-electron chi connectivity index (χ1n) is 4.67. The molecule has 0 spiro atoms. The van der Waals surface area contributed by atoms with E-state index in [2.05, 4.69) is 15.0 Å². The van der Waals surface area contributed by atoms with Crippen LogP contribution in [-0.4, -0.2) is 21.5 Å². The fraction of sp³-hybridized carbons (Fsp3) is 0.200. The number of nitrogens with zero attached hydrogens (tertiary/aromatic N) is 2. The van der Waals surface area contributed by atoms with Gasteiger partial charge in [0.25, 0.3) is 0 Å². The fourth-order valence-electron chi connectivity index (χ4n) is 1.32. The van der Waals surface area contributed by atoms with E-state index in [1.165, 1.54) is 0 Å². The highest BCUT2D eigenvalue weighted by Gasteiger charge is 2.09. The van der Waals surface area contributed by atoms with Gasteiger partial charge in [-0.3, -0.25) is 4.98 Å². The van der Waals surface area contributed by atoms with Crippen LogP contribution in [0.1, 0.15) is 5.69 Å². The lowest BCUT2D eigenvalue weighted by molar-refractivity contribution is 0.935. The SMILES string of the molecule is NCCc1[nH]c(-c2ccccn2)nc1Cl. The topological polar surface area (TPSA) is 67.6 Å². The van der Waals surface area contributed by atoms with E-state index < -0.39 is 0 Å². The average Bonchev–Trinajstić information content (AvgIpc) is 2.63. The van der Waals surface area contributed by atoms with Gasteiger partial charge in [0.2, 0.25) is 0 Å². The van der Waals surface area contributed by atoms with Crippen LogP contribution in [0.2, 0.25) is 5.15 Å². The molecule has 2 aromatic rings. The molecule has 0 aliphatic heterocycles. The van der Waals surface area contributed by atoms with Crippen molar-refractivity contribution in [2.45, 2.75) is 6.42 Å². The van der Waals surface area contributed by atoms with Gasteiger partial charge in [-0.2, -0.15) is 0 Å². The zero-order valence-corrected chi connectivity index (χ0v) is 8.83. The van der Waals surface area contributed by atoms with Crippen molar-refractivity contribution >= 4 is 11.6 Å². The van der Waals surface area contributed by atoms with E-state index in [1.807, 2.05) is 18.2 Å². The van der Waals surface area contributed by atoms with Crippen LogP contribution in [0, 0.1) is 0 Å². The van der Waals surface area contributed by atoms with Gasteiger partial charge in [-0.25, -0.2) is 4.98 Å². The largest absolute Gasteiger partial charge is 0.339 e. The Morgan fingerprint density at radius 3 is 2.93 bits per heavy atom. The molecular formula is C10H11ClN4. The maximum atomic E-state index is 5.95. The highest BCUT2D eigenvalue weighted by atomic mass is 35.5. The van der Waals surface area contributed by atoms with Crippen LogP contribution >= 0.6 is 11.6 Å². The minimum absolute atomic E-state index is 0.473. The van der Waals surface area contributed by atoms with Crippen LogP contribution in [0.4, 0.5) is 0 Å². The Labute approximate surface area is 92.5 Å². The molecule has 2 aromatic heterocycles. The number of halogens is 1. The molecule has 0 saturated carbocycles. The molecule has 0 aliphatic carbocycles. The number of hydrogen-bond donors (Lipinski definition) is 2. The number of aromatic nitrogens is 3. The van der Waals surface area contributed by atoms with Crippen LogP contribution in [0.3, 0.4) is 0 Å². The van der Waals surface area contributed by atoms with E-state index in [0.717, 1.165) is 11.4 Å². The monoisotopic (exact) mass is 222 g/mol. The van der Waals surface area contributed by atoms with Gasteiger partial charge in [0.1, 0.15) is 5.69 Å². The molecule has 0 radical (unpaired) electrons. The summed E-state index contributed by atoms with van der Waals surface area (Å²) in [4.78, 5) is 11.5. The summed E-state index contributed by atoms with van der Waals surface area (Å²) in [6.07, 6.45) is 2.41. The molecule has 2 rings (SSSR count). The zero-order valence-electron chi connectivity index (χ0n) is 8.07. The van der Waals surface area contributed by atoms with Crippen molar-refractivity contribution in [1.29, 1.82) is 0 Å². The molecule has 0 aromatic carbocycles. The lowest BCUT2D eigenvalue weighted by Crippen LogP contribution is -2.03. The summed E-state index contributed by atoms with van der Waals surface area (Å²) in [7, 11) is 0. The molecule has 0 saturated heterocycles. The van der Waals surface area contributed by atoms with E-state index in [4.69, 9.17) is 17.3 Å². The smallest absolute Gasteiger partial charge is 0.158 e. The number of rotatable bonds is 3. The van der Waals surface area contributed by atoms with Crippen molar-refractivity contribution < 1.29 is 0 Å². The molecule has 0 unspecified atom stereocenters. The van der Waals surface area contributed by atoms with Crippen LogP contribution in [0.25, 0.3) is 11.5 Å². The predicted molar refractivity (Wildman–Crippen MR) is 59.6 cm³/mol. The van der Waals surface area contributed by atoms with Crippen LogP contribution < -0.4 is 5.73 Å². The lowest BCUT2D eigenvalue weighted by Gasteiger charge is -1.94. The third kappa shape index (κ3) is 2.16. The minimum atomic E-state index is 0.473. The molecule has 0 amide bonds. The van der Waals surface area contributed by atoms with Crippen molar-refractivity contribution in [3.05, 3.63) is 35.2 Å². The van der Waals surface area contributed by atoms with Crippen LogP contribution in [-0.2, 0) is 6.42 Å². The highest BCUT2D eigenvalue weighted by Crippen LogP contribution is 2.19. The van der Waals surface area contributed by atoms with Crippen LogP contribution in [0.5, 0.6) is 0 Å². The third-order valence-corrected chi connectivity index (χ3v) is 2.34. The number of pyridine rings is 1. The van der Waals surface area contributed by atoms with E-state index in [1.54, 1.807) is 6.20 Å². The normalized spacial score (nSPS) is 10.5. The molecule has 0 bridgehead atoms. The number of hydrogen-bond acceptors (Lipinski definition) is 3. The number of imidazole rings is 1. The van der Waals surface area contributed by atoms with Gasteiger partial charge in [-0.05, 0) is 18.7 Å². The average molecular weight is 223 g/mol. The summed E-state index contributed by atoms with van der Waals surface area (Å²) in [6, 6.07) is 5.64. The number of nitrogens with one attached hydrogen (secondary N) is 1. The molecule has 5 heteroatoms. The summed E-state index contributed by atoms with van der Waals surface area (Å²) in [5.74, 6) is 0.684. The number of H-pyrrole nitrogens is 1. The number of aromatic amines is 1. The van der Waals surface area contributed by atoms with Crippen LogP contribution in [0.15, 0.2) is 24.4 Å². The molecule has 2 heterocycles. The maximum Gasteiger partial charge on any atom is 0.158 e. The Bertz CT molecular complexity index is 438. The molecule has 4 nitrogen and oxygen atoms in total. The summed E-state index contributed by atoms with van der Waals surface area (Å²) in [6.45, 7) is 0.545. The van der Waals surface area contributed by atoms with Gasteiger partial charge in [-0.15, -0.1) is 0 Å². The third-order valence-electron chi connectivity index (χ3n) is 2.03. The maximum absolute atomic E-state index is 5.95. The summed E-state index contributed by atoms with van der Waals surface area (Å²) >= 11 is 5.95. The number of nitrogens with two attached hydrogens (primary N) is 1. The second-order valence-corrected chi connectivity index (χ2v) is 3.47. The molecule has 0 aliphatic rings. The Balaban J connectivity index is 2.34. The summed E-state index contributed by atoms with van der Waals surface area (Å²) in [5, 5.41) is 0.473. The molecule has 78 valence electrons. The van der Waals surface area contributed by atoms with E-state index in [0.29, 0.717) is 23.9 Å². The molecule has 0 fully saturated rings. The molecule has 3 N–H and O–H groups in total. The summed E-state index contributed by atoms with van der Waals surface area (Å²) in [5.41, 5.74) is 7.10. The van der Waals surface area contributed by atoms with E-state index >= 15 is 0 Å². The van der Waals surface area contributed by atoms with E-state index in [9.17, 15) is 0 Å². The summed E-state index contributed by atoms with van der Waals surface area (Å²) < 4.78 is 0. The first-order valence-corrected chi connectivity index (χ1v) is 5.05. The molecule has 15 heavy (non-hydrogen) atoms. The van der Waals surface area contributed by atoms with Crippen molar-refractivity contribution in [2.75, 3.05) is 6.54 Å². The van der Waals surface area contributed by atoms with Crippen molar-refractivity contribution in [3.63, 3.8) is 0 Å². The Morgan fingerprint density at radius 1 is 1.40 bits per heavy atom. The fourth-order valence-corrected chi connectivity index (χ4v) is 1.55. The van der Waals surface area contributed by atoms with Crippen molar-refractivity contribution in [2.24, 2.45) is 5.73 Å². The minimum Gasteiger partial charge on any atom is -0.339 e. The zero-order chi connectivity index (χ0) is 10.7. The quantitative estimate of drug-likeness (QED) is 0.830. The Hall–Kier alpha value is -1.39. The van der Waals surface area contributed by atoms with Crippen molar-refractivity contribution in [3.8, 4) is 11.5 Å². The van der Waals surface area contributed by atoms with Gasteiger partial charge < -0.3 is 10.7 Å².